The number of aromatic amines is 1. The molecule has 0 fully saturated rings. The van der Waals surface area contributed by atoms with Crippen molar-refractivity contribution in [1.29, 1.82) is 0 Å². The summed E-state index contributed by atoms with van der Waals surface area (Å²) >= 11 is 0. The third kappa shape index (κ3) is 3.98. The van der Waals surface area contributed by atoms with Crippen LogP contribution in [0.5, 0.6) is 0 Å². The van der Waals surface area contributed by atoms with Crippen LogP contribution < -0.4 is 10.6 Å². The number of carbonyl (C=O) groups is 3. The van der Waals surface area contributed by atoms with Crippen molar-refractivity contribution in [3.05, 3.63) is 23.8 Å². The van der Waals surface area contributed by atoms with Crippen LogP contribution in [0.3, 0.4) is 0 Å². The average molecular weight is 319 g/mol. The number of nitrogens with zero attached hydrogens (tertiary/aromatic N) is 2. The molecule has 124 valence electrons. The Morgan fingerprint density at radius 1 is 1.39 bits per heavy atom. The van der Waals surface area contributed by atoms with Crippen molar-refractivity contribution in [2.75, 3.05) is 26.7 Å². The number of nitrogens with one attached hydrogen (secondary N) is 3. The number of fused-ring (bicyclic) bond motifs is 1. The summed E-state index contributed by atoms with van der Waals surface area (Å²) in [5, 5.41) is 8.48. The van der Waals surface area contributed by atoms with Crippen LogP contribution in [0.15, 0.2) is 18.2 Å². The van der Waals surface area contributed by atoms with Gasteiger partial charge in [0.1, 0.15) is 6.29 Å². The molecule has 0 bridgehead atoms. The molecular weight excluding hydrogens is 298 g/mol. The topological polar surface area (TPSA) is 99.2 Å². The molecule has 1 aromatic heterocycles. The van der Waals surface area contributed by atoms with E-state index in [1.807, 2.05) is 18.2 Å². The van der Waals surface area contributed by atoms with Crippen molar-refractivity contribution >= 4 is 29.6 Å². The van der Waals surface area contributed by atoms with E-state index in [0.29, 0.717) is 26.0 Å². The van der Waals surface area contributed by atoms with Crippen molar-refractivity contribution in [1.82, 2.24) is 25.3 Å². The highest BCUT2D eigenvalue weighted by Crippen LogP contribution is 2.21. The summed E-state index contributed by atoms with van der Waals surface area (Å²) in [6, 6.07) is 5.77. The van der Waals surface area contributed by atoms with Gasteiger partial charge in [0, 0.05) is 19.6 Å². The van der Waals surface area contributed by atoms with Gasteiger partial charge in [-0.25, -0.2) is 0 Å². The van der Waals surface area contributed by atoms with Gasteiger partial charge in [0.15, 0.2) is 0 Å². The number of amides is 2. The Bertz CT molecular complexity index is 676. The van der Waals surface area contributed by atoms with Crippen LogP contribution in [0, 0.1) is 0 Å². The first-order valence-corrected chi connectivity index (χ1v) is 7.40. The van der Waals surface area contributed by atoms with E-state index in [4.69, 9.17) is 0 Å². The molecule has 3 N–H and O–H groups in total. The van der Waals surface area contributed by atoms with E-state index in [2.05, 4.69) is 15.7 Å². The Morgan fingerprint density at radius 2 is 2.22 bits per heavy atom. The molecule has 2 aromatic rings. The van der Waals surface area contributed by atoms with Gasteiger partial charge in [-0.05, 0) is 18.7 Å². The summed E-state index contributed by atoms with van der Waals surface area (Å²) in [5.41, 5.74) is 2.83. The minimum Gasteiger partial charge on any atom is -0.357 e. The van der Waals surface area contributed by atoms with Crippen molar-refractivity contribution in [3.8, 4) is 0 Å². The lowest BCUT2D eigenvalue weighted by molar-refractivity contribution is -0.131. The zero-order chi connectivity index (χ0) is 16.7. The Balaban J connectivity index is 2.19. The molecule has 1 aromatic carbocycles. The maximum absolute atomic E-state index is 12.2. The van der Waals surface area contributed by atoms with E-state index < -0.39 is 0 Å². The van der Waals surface area contributed by atoms with Gasteiger partial charge in [0.2, 0.25) is 12.3 Å². The summed E-state index contributed by atoms with van der Waals surface area (Å²) in [4.78, 5) is 35.0. The summed E-state index contributed by atoms with van der Waals surface area (Å²) in [6.45, 7) is 1.71. The second-order valence-corrected chi connectivity index (χ2v) is 5.12. The zero-order valence-electron chi connectivity index (χ0n) is 13.0. The molecule has 0 aliphatic heterocycles. The zero-order valence-corrected chi connectivity index (χ0v) is 13.0. The first kappa shape index (κ1) is 16.8. The minimum absolute atomic E-state index is 0.0491. The maximum Gasteiger partial charge on any atom is 0.236 e. The predicted molar refractivity (Wildman–Crippen MR) is 85.8 cm³/mol. The molecular formula is C15H21N5O3. The molecule has 8 nitrogen and oxygen atoms in total. The first-order valence-electron chi connectivity index (χ1n) is 7.40. The molecule has 0 unspecified atom stereocenters. The molecule has 2 rings (SSSR count). The van der Waals surface area contributed by atoms with Gasteiger partial charge in [-0.1, -0.05) is 12.1 Å². The van der Waals surface area contributed by atoms with Gasteiger partial charge in [0.05, 0.1) is 24.1 Å². The lowest BCUT2D eigenvalue weighted by Crippen LogP contribution is -2.40. The summed E-state index contributed by atoms with van der Waals surface area (Å²) < 4.78 is 1.75. The molecule has 0 spiro atoms. The monoisotopic (exact) mass is 319 g/mol. The molecule has 2 amide bonds. The number of rotatable bonds is 10. The molecule has 1 heterocycles. The fraction of sp³-hybridized carbons (Fsp3) is 0.400. The van der Waals surface area contributed by atoms with E-state index in [1.54, 1.807) is 16.6 Å². The summed E-state index contributed by atoms with van der Waals surface area (Å²) in [6.07, 6.45) is 1.44. The number of hydrogen-bond donors (Lipinski definition) is 3. The van der Waals surface area contributed by atoms with Crippen LogP contribution in [0.2, 0.25) is 0 Å². The SMILES string of the molecule is CNCC(=O)N(CCNC=O)Cc1cccc2[nH]n(CC=O)c12. The van der Waals surface area contributed by atoms with Crippen LogP contribution in [0.25, 0.3) is 11.0 Å². The number of para-hydroxylation sites is 1. The quantitative estimate of drug-likeness (QED) is 0.405. The number of H-pyrrole nitrogens is 1. The normalized spacial score (nSPS) is 10.7. The van der Waals surface area contributed by atoms with E-state index in [9.17, 15) is 14.4 Å². The summed E-state index contributed by atoms with van der Waals surface area (Å²) in [7, 11) is 1.71. The molecule has 0 saturated heterocycles. The molecule has 23 heavy (non-hydrogen) atoms. The Kier molecular flexibility index (Phi) is 5.93. The maximum atomic E-state index is 12.2. The number of benzene rings is 1. The van der Waals surface area contributed by atoms with E-state index in [-0.39, 0.29) is 19.0 Å². The first-order chi connectivity index (χ1) is 11.2. The van der Waals surface area contributed by atoms with Crippen LogP contribution in [-0.4, -0.2) is 60.0 Å². The van der Waals surface area contributed by atoms with E-state index in [1.165, 1.54) is 0 Å². The molecule has 0 atom stereocenters. The third-order valence-corrected chi connectivity index (χ3v) is 3.55. The number of hydrogen-bond acceptors (Lipinski definition) is 4. The Morgan fingerprint density at radius 3 is 2.91 bits per heavy atom. The average Bonchev–Trinajstić information content (AvgIpc) is 2.52. The molecule has 0 aliphatic rings. The van der Waals surface area contributed by atoms with E-state index >= 15 is 0 Å². The molecule has 0 radical (unpaired) electrons. The fourth-order valence-corrected chi connectivity index (χ4v) is 2.51. The lowest BCUT2D eigenvalue weighted by Gasteiger charge is -2.25. The smallest absolute Gasteiger partial charge is 0.236 e. The van der Waals surface area contributed by atoms with Crippen LogP contribution in [0.4, 0.5) is 0 Å². The van der Waals surface area contributed by atoms with Gasteiger partial charge in [-0.2, -0.15) is 0 Å². The standard InChI is InChI=1S/C15H21N5O3/c1-16-9-14(23)19(6-5-17-11-22)10-12-3-2-4-13-15(12)20(18-13)7-8-21/h2-4,8,11,16,18H,5-7,9-10H2,1H3,(H,17,22). The van der Waals surface area contributed by atoms with Gasteiger partial charge in [0.25, 0.3) is 0 Å². The Hall–Kier alpha value is -2.61. The van der Waals surface area contributed by atoms with Gasteiger partial charge in [-0.3, -0.25) is 19.4 Å². The van der Waals surface area contributed by atoms with Crippen molar-refractivity contribution in [2.45, 2.75) is 13.1 Å². The van der Waals surface area contributed by atoms with Crippen molar-refractivity contribution < 1.29 is 14.4 Å². The van der Waals surface area contributed by atoms with Gasteiger partial charge in [-0.15, -0.1) is 0 Å². The number of carbonyl (C=O) groups excluding carboxylic acids is 3. The van der Waals surface area contributed by atoms with Crippen molar-refractivity contribution in [3.63, 3.8) is 0 Å². The Labute approximate surface area is 133 Å². The third-order valence-electron chi connectivity index (χ3n) is 3.55. The van der Waals surface area contributed by atoms with Crippen LogP contribution >= 0.6 is 0 Å². The van der Waals surface area contributed by atoms with Crippen LogP contribution in [-0.2, 0) is 27.5 Å². The number of aromatic nitrogens is 2. The highest BCUT2D eigenvalue weighted by molar-refractivity contribution is 5.83. The predicted octanol–water partition coefficient (Wildman–Crippen LogP) is -0.538. The minimum atomic E-state index is -0.0491. The highest BCUT2D eigenvalue weighted by Gasteiger charge is 2.17. The van der Waals surface area contributed by atoms with E-state index in [0.717, 1.165) is 22.9 Å². The van der Waals surface area contributed by atoms with Crippen molar-refractivity contribution in [2.24, 2.45) is 0 Å². The van der Waals surface area contributed by atoms with Crippen LogP contribution in [0.1, 0.15) is 5.56 Å². The molecule has 0 saturated carbocycles. The highest BCUT2D eigenvalue weighted by atomic mass is 16.2. The second kappa shape index (κ2) is 8.14. The number of likely N-dealkylation sites (N-methyl/N-ethyl adjacent to an activating group) is 1. The second-order valence-electron chi connectivity index (χ2n) is 5.12. The lowest BCUT2D eigenvalue weighted by atomic mass is 10.1. The molecule has 8 heteroatoms. The largest absolute Gasteiger partial charge is 0.357 e. The fourth-order valence-electron chi connectivity index (χ4n) is 2.51. The molecule has 0 aliphatic carbocycles. The summed E-state index contributed by atoms with van der Waals surface area (Å²) in [5.74, 6) is -0.0491. The van der Waals surface area contributed by atoms with Gasteiger partial charge < -0.3 is 20.3 Å². The number of aldehydes is 1. The van der Waals surface area contributed by atoms with Gasteiger partial charge >= 0.3 is 0 Å².